The van der Waals surface area contributed by atoms with Gasteiger partial charge in [0, 0.05) is 12.7 Å². The van der Waals surface area contributed by atoms with E-state index in [0.29, 0.717) is 0 Å². The number of hydrogen-bond donors (Lipinski definition) is 2. The number of nitrogens with zero attached hydrogens (tertiary/aromatic N) is 6. The second kappa shape index (κ2) is 11.3. The molecule has 4 heterocycles. The Kier molecular flexibility index (Phi) is 7.26. The Hall–Kier alpha value is -4.00. The number of alkyl halides is 6. The standard InChI is InChI=1S/C23H26F6N8O5/c1-11-18(35-42-34-11)19(38)32-14(9-41-21(2,3)23(27,28)29)13-7-37-17(31-13)5-12(6-30-37)15(10-40-4)36-8-16(22(24,25)26)33-20(36)39/h5-7,14-16H,8-10H2,1-4H3,(H,32,38)(H,33,39)/t14-,15+,16+/m0/s1/i8D2,16D. The predicted molar refractivity (Wildman–Crippen MR) is 128 cm³/mol. The average Bonchev–Trinajstić information content (AvgIpc) is 3.58. The summed E-state index contributed by atoms with van der Waals surface area (Å²) in [6.45, 7) is -1.94. The van der Waals surface area contributed by atoms with E-state index in [1.807, 2.05) is 0 Å². The summed E-state index contributed by atoms with van der Waals surface area (Å²) in [5, 5.41) is 14.8. The number of carbonyl (C=O) groups is 2. The lowest BCUT2D eigenvalue weighted by atomic mass is 10.1. The normalized spacial score (nSPS) is 21.9. The molecule has 0 bridgehead atoms. The van der Waals surface area contributed by atoms with Crippen molar-refractivity contribution in [1.82, 2.24) is 40.4 Å². The van der Waals surface area contributed by atoms with E-state index < -0.39 is 67.7 Å². The Labute approximate surface area is 237 Å². The number of urea groups is 1. The highest BCUT2D eigenvalue weighted by molar-refractivity contribution is 5.93. The number of rotatable bonds is 10. The van der Waals surface area contributed by atoms with Crippen LogP contribution in [0.5, 0.6) is 0 Å². The highest BCUT2D eigenvalue weighted by atomic mass is 19.4. The first-order valence-corrected chi connectivity index (χ1v) is 12.0. The number of hydrogen-bond acceptors (Lipinski definition) is 9. The molecule has 13 nitrogen and oxygen atoms in total. The topological polar surface area (TPSA) is 149 Å². The first-order chi connectivity index (χ1) is 20.6. The monoisotopic (exact) mass is 611 g/mol. The Bertz CT molecular complexity index is 1580. The zero-order valence-electron chi connectivity index (χ0n) is 25.3. The minimum atomic E-state index is -5.50. The summed E-state index contributed by atoms with van der Waals surface area (Å²) in [5.74, 6) is -0.885. The number of amides is 3. The zero-order valence-corrected chi connectivity index (χ0v) is 22.3. The van der Waals surface area contributed by atoms with E-state index in [0.717, 1.165) is 31.7 Å². The molecule has 19 heteroatoms. The Balaban J connectivity index is 1.71. The van der Waals surface area contributed by atoms with Crippen molar-refractivity contribution in [3.63, 3.8) is 0 Å². The number of aryl methyl sites for hydroxylation is 1. The largest absolute Gasteiger partial charge is 0.416 e. The van der Waals surface area contributed by atoms with E-state index >= 15 is 0 Å². The van der Waals surface area contributed by atoms with Gasteiger partial charge in [-0.05, 0) is 32.0 Å². The van der Waals surface area contributed by atoms with E-state index in [2.05, 4.69) is 30.3 Å². The van der Waals surface area contributed by atoms with Gasteiger partial charge in [-0.25, -0.2) is 18.9 Å². The fraction of sp³-hybridized carbons (Fsp3) is 0.565. The van der Waals surface area contributed by atoms with Crippen LogP contribution in [0.4, 0.5) is 31.1 Å². The van der Waals surface area contributed by atoms with E-state index in [9.17, 15) is 35.9 Å². The Morgan fingerprint density at radius 3 is 2.57 bits per heavy atom. The molecule has 42 heavy (non-hydrogen) atoms. The third kappa shape index (κ3) is 6.40. The molecule has 2 N–H and O–H groups in total. The van der Waals surface area contributed by atoms with Gasteiger partial charge in [0.15, 0.2) is 16.9 Å². The quantitative estimate of drug-likeness (QED) is 0.330. The van der Waals surface area contributed by atoms with Gasteiger partial charge in [-0.1, -0.05) is 5.16 Å². The van der Waals surface area contributed by atoms with Gasteiger partial charge in [-0.3, -0.25) is 4.79 Å². The molecule has 1 aliphatic rings. The van der Waals surface area contributed by atoms with E-state index in [-0.39, 0.29) is 33.2 Å². The predicted octanol–water partition coefficient (Wildman–Crippen LogP) is 2.89. The summed E-state index contributed by atoms with van der Waals surface area (Å²) in [6, 6.07) is -7.24. The van der Waals surface area contributed by atoms with Gasteiger partial charge in [0.05, 0.1) is 54.0 Å². The molecule has 3 amide bonds. The van der Waals surface area contributed by atoms with Gasteiger partial charge < -0.3 is 25.0 Å². The maximum absolute atomic E-state index is 13.7. The lowest BCUT2D eigenvalue weighted by molar-refractivity contribution is -0.265. The molecule has 0 aliphatic carbocycles. The van der Waals surface area contributed by atoms with E-state index in [4.69, 9.17) is 13.6 Å². The number of fused-ring (bicyclic) bond motifs is 1. The van der Waals surface area contributed by atoms with Crippen molar-refractivity contribution in [2.45, 2.75) is 56.8 Å². The summed E-state index contributed by atoms with van der Waals surface area (Å²) in [7, 11) is 1.15. The second-order valence-electron chi connectivity index (χ2n) is 9.56. The number of imidazole rings is 1. The lowest BCUT2D eigenvalue weighted by Crippen LogP contribution is -2.44. The van der Waals surface area contributed by atoms with Crippen molar-refractivity contribution in [1.29, 1.82) is 0 Å². The molecule has 3 atom stereocenters. The minimum Gasteiger partial charge on any atom is -0.382 e. The van der Waals surface area contributed by atoms with Crippen molar-refractivity contribution in [3.05, 3.63) is 41.1 Å². The first kappa shape index (κ1) is 26.9. The SMILES string of the molecule is [2H]C1([2H])N([C@H](COC)c2cnn3cc([C@H](COC(C)(C)C(F)(F)F)NC(=O)c4nonc4C)nc3c2)C(=O)N[C@@]1([2H])C(F)(F)F. The van der Waals surface area contributed by atoms with Crippen LogP contribution in [-0.4, -0.2) is 92.5 Å². The third-order valence-corrected chi connectivity index (χ3v) is 6.17. The second-order valence-corrected chi connectivity index (χ2v) is 9.56. The Morgan fingerprint density at radius 1 is 1.29 bits per heavy atom. The van der Waals surface area contributed by atoms with Crippen molar-refractivity contribution in [3.8, 4) is 0 Å². The van der Waals surface area contributed by atoms with Crippen LogP contribution in [0.25, 0.3) is 5.65 Å². The van der Waals surface area contributed by atoms with Crippen LogP contribution < -0.4 is 10.6 Å². The summed E-state index contributed by atoms with van der Waals surface area (Å²) in [6.07, 6.45) is -7.98. The number of nitrogens with one attached hydrogen (secondary N) is 2. The van der Waals surface area contributed by atoms with Crippen LogP contribution in [0.2, 0.25) is 0 Å². The van der Waals surface area contributed by atoms with Crippen molar-refractivity contribution < 1.29 is 54.1 Å². The van der Waals surface area contributed by atoms with Crippen molar-refractivity contribution >= 4 is 17.6 Å². The summed E-state index contributed by atoms with van der Waals surface area (Å²) >= 11 is 0. The minimum absolute atomic E-state index is 0.0636. The zero-order chi connectivity index (χ0) is 33.8. The van der Waals surface area contributed by atoms with Crippen LogP contribution in [0, 0.1) is 6.92 Å². The molecule has 0 radical (unpaired) electrons. The number of ether oxygens (including phenoxy) is 2. The smallest absolute Gasteiger partial charge is 0.382 e. The van der Waals surface area contributed by atoms with Gasteiger partial charge in [-0.2, -0.15) is 31.4 Å². The molecule has 0 saturated carbocycles. The third-order valence-electron chi connectivity index (χ3n) is 6.17. The van der Waals surface area contributed by atoms with Gasteiger partial charge in [-0.15, -0.1) is 0 Å². The molecule has 3 aromatic heterocycles. The van der Waals surface area contributed by atoms with Crippen LogP contribution in [0.1, 0.15) is 57.5 Å². The summed E-state index contributed by atoms with van der Waals surface area (Å²) in [5.41, 5.74) is -3.01. The maximum atomic E-state index is 13.7. The molecule has 3 aromatic rings. The average molecular weight is 612 g/mol. The van der Waals surface area contributed by atoms with Crippen LogP contribution in [0.15, 0.2) is 23.1 Å². The number of halogens is 6. The first-order valence-electron chi connectivity index (χ1n) is 13.5. The summed E-state index contributed by atoms with van der Waals surface area (Å²) in [4.78, 5) is 29.9. The van der Waals surface area contributed by atoms with Crippen molar-refractivity contribution in [2.24, 2.45) is 0 Å². The van der Waals surface area contributed by atoms with Gasteiger partial charge in [0.1, 0.15) is 11.7 Å². The van der Waals surface area contributed by atoms with Gasteiger partial charge >= 0.3 is 18.4 Å². The molecule has 0 unspecified atom stereocenters. The molecule has 1 saturated heterocycles. The van der Waals surface area contributed by atoms with Gasteiger partial charge in [0.25, 0.3) is 5.91 Å². The van der Waals surface area contributed by atoms with Crippen LogP contribution >= 0.6 is 0 Å². The van der Waals surface area contributed by atoms with Gasteiger partial charge in [0.2, 0.25) is 0 Å². The summed E-state index contributed by atoms with van der Waals surface area (Å²) < 4.78 is 121. The Morgan fingerprint density at radius 2 is 2.00 bits per heavy atom. The molecule has 1 fully saturated rings. The fourth-order valence-electron chi connectivity index (χ4n) is 3.70. The molecule has 0 aromatic carbocycles. The van der Waals surface area contributed by atoms with Crippen LogP contribution in [-0.2, 0) is 9.47 Å². The number of carbonyl (C=O) groups excluding carboxylic acids is 2. The highest BCUT2D eigenvalue weighted by Gasteiger charge is 2.50. The van der Waals surface area contributed by atoms with E-state index in [1.165, 1.54) is 24.5 Å². The number of aromatic nitrogens is 5. The molecule has 0 spiro atoms. The molecule has 230 valence electrons. The molecule has 4 rings (SSSR count). The molecule has 1 aliphatic heterocycles. The fourth-order valence-corrected chi connectivity index (χ4v) is 3.70. The van der Waals surface area contributed by atoms with E-state index in [1.54, 1.807) is 0 Å². The number of methoxy groups -OCH3 is 1. The van der Waals surface area contributed by atoms with Crippen LogP contribution in [0.3, 0.4) is 0 Å². The maximum Gasteiger partial charge on any atom is 0.416 e. The van der Waals surface area contributed by atoms with Crippen molar-refractivity contribution in [2.75, 3.05) is 26.8 Å². The highest BCUT2D eigenvalue weighted by Crippen LogP contribution is 2.34. The molecular weight excluding hydrogens is 582 g/mol. The lowest BCUT2D eigenvalue weighted by Gasteiger charge is -2.29. The molecular formula is C23H26F6N8O5.